The number of nitrogens with zero attached hydrogens (tertiary/aromatic N) is 2. The molecular formula is C22H24N4O2S. The second-order valence-electron chi connectivity index (χ2n) is 7.16. The van der Waals surface area contributed by atoms with Gasteiger partial charge in [0.15, 0.2) is 5.13 Å². The Morgan fingerprint density at radius 1 is 1.14 bits per heavy atom. The van der Waals surface area contributed by atoms with E-state index in [2.05, 4.69) is 39.9 Å². The van der Waals surface area contributed by atoms with E-state index in [1.54, 1.807) is 7.11 Å². The number of hydrogen-bond donors (Lipinski definition) is 2. The number of ether oxygens (including phenoxy) is 1. The van der Waals surface area contributed by atoms with Crippen LogP contribution in [0.25, 0.3) is 0 Å². The smallest absolute Gasteiger partial charge is 0.321 e. The van der Waals surface area contributed by atoms with E-state index in [0.717, 1.165) is 30.0 Å². The summed E-state index contributed by atoms with van der Waals surface area (Å²) in [5.41, 5.74) is 8.69. The second kappa shape index (κ2) is 8.13. The van der Waals surface area contributed by atoms with Crippen LogP contribution < -0.4 is 15.8 Å². The molecule has 0 bridgehead atoms. The quantitative estimate of drug-likeness (QED) is 0.673. The molecule has 4 rings (SSSR count). The van der Waals surface area contributed by atoms with Crippen LogP contribution in [0.1, 0.15) is 24.1 Å². The Kier molecular flexibility index (Phi) is 5.40. The van der Waals surface area contributed by atoms with Crippen molar-refractivity contribution >= 4 is 28.2 Å². The largest absolute Gasteiger partial charge is 0.497 e. The average Bonchev–Trinajstić information content (AvgIpc) is 3.22. The number of amides is 2. The number of thiazole rings is 1. The van der Waals surface area contributed by atoms with Gasteiger partial charge in [0.05, 0.1) is 12.8 Å². The van der Waals surface area contributed by atoms with Gasteiger partial charge in [-0.15, -0.1) is 11.3 Å². The van der Waals surface area contributed by atoms with Crippen LogP contribution >= 0.6 is 11.3 Å². The lowest BCUT2D eigenvalue weighted by molar-refractivity contribution is 0.179. The number of nitrogens with two attached hydrogens (primary N) is 1. The first-order chi connectivity index (χ1) is 14.1. The highest BCUT2D eigenvalue weighted by Crippen LogP contribution is 2.42. The molecule has 2 heterocycles. The second-order valence-corrected chi connectivity index (χ2v) is 8.05. The minimum absolute atomic E-state index is 0.0883. The minimum atomic E-state index is -0.216. The number of nitrogens with one attached hydrogen (secondary N) is 1. The van der Waals surface area contributed by atoms with Gasteiger partial charge in [0.1, 0.15) is 5.75 Å². The number of aromatic nitrogens is 1. The van der Waals surface area contributed by atoms with Crippen LogP contribution in [-0.4, -0.2) is 36.1 Å². The number of likely N-dealkylation sites (tertiary alicyclic amines) is 1. The van der Waals surface area contributed by atoms with Crippen LogP contribution in [0, 0.1) is 0 Å². The zero-order valence-corrected chi connectivity index (χ0v) is 17.1. The van der Waals surface area contributed by atoms with Crippen LogP contribution in [0.4, 0.5) is 15.6 Å². The van der Waals surface area contributed by atoms with Gasteiger partial charge < -0.3 is 20.7 Å². The molecule has 6 nitrogen and oxygen atoms in total. The van der Waals surface area contributed by atoms with Gasteiger partial charge >= 0.3 is 6.03 Å². The van der Waals surface area contributed by atoms with Crippen molar-refractivity contribution in [3.8, 4) is 5.75 Å². The molecule has 1 fully saturated rings. The van der Waals surface area contributed by atoms with E-state index >= 15 is 0 Å². The predicted molar refractivity (Wildman–Crippen MR) is 117 cm³/mol. The molecule has 0 spiro atoms. The standard InChI is InChI=1S/C22H24N4O2S/c1-28-18-9-7-17(8-10-18)24-21(27)26-13-11-22(12-14-26,16-5-3-2-4-6-16)19-15-29-20(23)25-19/h2-10,15H,11-14H2,1H3,(H2,23,25)(H,24,27). The number of rotatable bonds is 4. The van der Waals surface area contributed by atoms with Gasteiger partial charge in [-0.25, -0.2) is 9.78 Å². The van der Waals surface area contributed by atoms with Gasteiger partial charge in [0.25, 0.3) is 0 Å². The highest BCUT2D eigenvalue weighted by Gasteiger charge is 2.40. The number of nitrogen functional groups attached to an aromatic ring is 1. The number of piperidine rings is 1. The van der Waals surface area contributed by atoms with Crippen molar-refractivity contribution in [3.63, 3.8) is 0 Å². The molecule has 1 saturated heterocycles. The first kappa shape index (κ1) is 19.3. The van der Waals surface area contributed by atoms with Gasteiger partial charge in [0.2, 0.25) is 0 Å². The summed E-state index contributed by atoms with van der Waals surface area (Å²) in [4.78, 5) is 19.2. The van der Waals surface area contributed by atoms with Crippen molar-refractivity contribution < 1.29 is 9.53 Å². The molecule has 150 valence electrons. The first-order valence-corrected chi connectivity index (χ1v) is 10.5. The number of carbonyl (C=O) groups is 1. The summed E-state index contributed by atoms with van der Waals surface area (Å²) < 4.78 is 5.16. The van der Waals surface area contributed by atoms with Crippen LogP contribution in [-0.2, 0) is 5.41 Å². The van der Waals surface area contributed by atoms with Gasteiger partial charge in [-0.1, -0.05) is 30.3 Å². The van der Waals surface area contributed by atoms with Gasteiger partial charge in [-0.3, -0.25) is 0 Å². The highest BCUT2D eigenvalue weighted by molar-refractivity contribution is 7.13. The minimum Gasteiger partial charge on any atom is -0.497 e. The summed E-state index contributed by atoms with van der Waals surface area (Å²) in [7, 11) is 1.62. The molecule has 3 aromatic rings. The number of methoxy groups -OCH3 is 1. The van der Waals surface area contributed by atoms with Crippen LogP contribution in [0.3, 0.4) is 0 Å². The van der Waals surface area contributed by atoms with Crippen LogP contribution in [0.15, 0.2) is 60.0 Å². The zero-order chi connectivity index (χ0) is 20.3. The summed E-state index contributed by atoms with van der Waals surface area (Å²) in [5.74, 6) is 0.760. The van der Waals surface area contributed by atoms with E-state index in [1.165, 1.54) is 16.9 Å². The molecule has 1 aromatic heterocycles. The van der Waals surface area contributed by atoms with Crippen molar-refractivity contribution in [2.75, 3.05) is 31.2 Å². The summed E-state index contributed by atoms with van der Waals surface area (Å²) in [6.07, 6.45) is 1.60. The summed E-state index contributed by atoms with van der Waals surface area (Å²) in [5, 5.41) is 5.60. The average molecular weight is 409 g/mol. The molecule has 0 saturated carbocycles. The Morgan fingerprint density at radius 3 is 2.41 bits per heavy atom. The van der Waals surface area contributed by atoms with Crippen molar-refractivity contribution in [2.24, 2.45) is 0 Å². The van der Waals surface area contributed by atoms with Crippen molar-refractivity contribution in [1.82, 2.24) is 9.88 Å². The van der Waals surface area contributed by atoms with E-state index in [9.17, 15) is 4.79 Å². The molecule has 0 atom stereocenters. The Morgan fingerprint density at radius 2 is 1.83 bits per heavy atom. The third kappa shape index (κ3) is 3.91. The molecule has 3 N–H and O–H groups in total. The van der Waals surface area contributed by atoms with E-state index < -0.39 is 0 Å². The van der Waals surface area contributed by atoms with Gasteiger partial charge in [0, 0.05) is 29.6 Å². The Balaban J connectivity index is 1.50. The molecule has 1 aliphatic heterocycles. The fourth-order valence-electron chi connectivity index (χ4n) is 3.93. The zero-order valence-electron chi connectivity index (χ0n) is 16.3. The number of urea groups is 1. The Bertz CT molecular complexity index is 964. The Labute approximate surface area is 174 Å². The lowest BCUT2D eigenvalue weighted by atomic mass is 9.71. The third-order valence-corrected chi connectivity index (χ3v) is 6.26. The molecule has 0 aliphatic carbocycles. The molecule has 0 radical (unpaired) electrons. The summed E-state index contributed by atoms with van der Waals surface area (Å²) in [6.45, 7) is 1.29. The third-order valence-electron chi connectivity index (χ3n) is 5.58. The number of benzene rings is 2. The van der Waals surface area contributed by atoms with Crippen molar-refractivity contribution in [1.29, 1.82) is 0 Å². The molecule has 0 unspecified atom stereocenters. The number of hydrogen-bond acceptors (Lipinski definition) is 5. The molecule has 2 aromatic carbocycles. The number of carbonyl (C=O) groups excluding carboxylic acids is 1. The molecule has 29 heavy (non-hydrogen) atoms. The maximum absolute atomic E-state index is 12.8. The molecule has 2 amide bonds. The van der Waals surface area contributed by atoms with Crippen LogP contribution in [0.5, 0.6) is 5.75 Å². The molecule has 7 heteroatoms. The monoisotopic (exact) mass is 408 g/mol. The van der Waals surface area contributed by atoms with Crippen molar-refractivity contribution in [3.05, 3.63) is 71.2 Å². The number of anilines is 2. The SMILES string of the molecule is COc1ccc(NC(=O)N2CCC(c3ccccc3)(c3csc(N)n3)CC2)cc1. The first-order valence-electron chi connectivity index (χ1n) is 9.58. The van der Waals surface area contributed by atoms with Crippen LogP contribution in [0.2, 0.25) is 0 Å². The maximum atomic E-state index is 12.8. The highest BCUT2D eigenvalue weighted by atomic mass is 32.1. The lowest BCUT2D eigenvalue weighted by Crippen LogP contribution is -2.47. The summed E-state index contributed by atoms with van der Waals surface area (Å²) in [6, 6.07) is 17.7. The topological polar surface area (TPSA) is 80.5 Å². The molecule has 1 aliphatic rings. The fraction of sp³-hybridized carbons (Fsp3) is 0.273. The molecular weight excluding hydrogens is 384 g/mol. The lowest BCUT2D eigenvalue weighted by Gasteiger charge is -2.41. The van der Waals surface area contributed by atoms with E-state index in [-0.39, 0.29) is 11.4 Å². The normalized spacial score (nSPS) is 15.7. The van der Waals surface area contributed by atoms with Gasteiger partial charge in [-0.05, 0) is 42.7 Å². The fourth-order valence-corrected chi connectivity index (χ4v) is 4.59. The Hall–Kier alpha value is -3.06. The van der Waals surface area contributed by atoms with E-state index in [0.29, 0.717) is 18.2 Å². The van der Waals surface area contributed by atoms with E-state index in [4.69, 9.17) is 10.5 Å². The maximum Gasteiger partial charge on any atom is 0.321 e. The predicted octanol–water partition coefficient (Wildman–Crippen LogP) is 4.35. The van der Waals surface area contributed by atoms with Crippen molar-refractivity contribution in [2.45, 2.75) is 18.3 Å². The summed E-state index contributed by atoms with van der Waals surface area (Å²) >= 11 is 1.47. The van der Waals surface area contributed by atoms with Gasteiger partial charge in [-0.2, -0.15) is 0 Å². The van der Waals surface area contributed by atoms with E-state index in [1.807, 2.05) is 35.2 Å².